The van der Waals surface area contributed by atoms with Crippen molar-refractivity contribution in [2.24, 2.45) is 0 Å². The van der Waals surface area contributed by atoms with Gasteiger partial charge in [-0.05, 0) is 26.0 Å². The van der Waals surface area contributed by atoms with E-state index < -0.39 is 10.0 Å². The first-order valence-electron chi connectivity index (χ1n) is 6.52. The highest BCUT2D eigenvalue weighted by Crippen LogP contribution is 2.13. The van der Waals surface area contributed by atoms with Crippen molar-refractivity contribution in [3.05, 3.63) is 30.3 Å². The van der Waals surface area contributed by atoms with Gasteiger partial charge in [0, 0.05) is 31.7 Å². The molecule has 0 spiro atoms. The summed E-state index contributed by atoms with van der Waals surface area (Å²) in [4.78, 5) is 13.6. The number of anilines is 1. The maximum Gasteiger partial charge on any atom is 0.228 e. The summed E-state index contributed by atoms with van der Waals surface area (Å²) in [6.07, 6.45) is 1.33. The van der Waals surface area contributed by atoms with E-state index in [1.54, 1.807) is 25.8 Å². The van der Waals surface area contributed by atoms with Gasteiger partial charge in [-0.3, -0.25) is 4.79 Å². The lowest BCUT2D eigenvalue weighted by molar-refractivity contribution is -0.118. The number of rotatable bonds is 6. The highest BCUT2D eigenvalue weighted by Gasteiger charge is 2.22. The molecule has 0 aromatic heterocycles. The normalized spacial score (nSPS) is 11.9. The molecule has 0 unspecified atom stereocenters. The van der Waals surface area contributed by atoms with Crippen LogP contribution in [-0.2, 0) is 14.8 Å². The Kier molecular flexibility index (Phi) is 5.71. The van der Waals surface area contributed by atoms with Crippen molar-refractivity contribution in [2.45, 2.75) is 26.3 Å². The van der Waals surface area contributed by atoms with Gasteiger partial charge in [-0.25, -0.2) is 8.42 Å². The summed E-state index contributed by atoms with van der Waals surface area (Å²) in [5, 5.41) is 0. The van der Waals surface area contributed by atoms with Crippen LogP contribution >= 0.6 is 0 Å². The summed E-state index contributed by atoms with van der Waals surface area (Å²) < 4.78 is 24.6. The standard InChI is InChI=1S/C14H22N2O3S/c1-12(2)16(20(4,18)19)11-10-14(17)15(3)13-8-6-5-7-9-13/h5-9,12H,10-11H2,1-4H3. The monoisotopic (exact) mass is 298 g/mol. The molecular weight excluding hydrogens is 276 g/mol. The van der Waals surface area contributed by atoms with E-state index >= 15 is 0 Å². The maximum absolute atomic E-state index is 12.1. The molecule has 0 saturated heterocycles. The van der Waals surface area contributed by atoms with Gasteiger partial charge in [0.15, 0.2) is 0 Å². The first-order valence-corrected chi connectivity index (χ1v) is 8.36. The second-order valence-electron chi connectivity index (χ2n) is 5.01. The van der Waals surface area contributed by atoms with Gasteiger partial charge in [-0.15, -0.1) is 0 Å². The largest absolute Gasteiger partial charge is 0.315 e. The summed E-state index contributed by atoms with van der Waals surface area (Å²) in [5.74, 6) is -0.106. The molecule has 0 radical (unpaired) electrons. The molecule has 0 N–H and O–H groups in total. The average molecular weight is 298 g/mol. The van der Waals surface area contributed by atoms with Crippen LogP contribution in [0.2, 0.25) is 0 Å². The van der Waals surface area contributed by atoms with Crippen LogP contribution in [0.15, 0.2) is 30.3 Å². The first kappa shape index (κ1) is 16.7. The van der Waals surface area contributed by atoms with Crippen molar-refractivity contribution in [1.82, 2.24) is 4.31 Å². The van der Waals surface area contributed by atoms with Gasteiger partial charge in [0.1, 0.15) is 0 Å². The molecule has 1 aromatic rings. The third-order valence-corrected chi connectivity index (χ3v) is 4.52. The second kappa shape index (κ2) is 6.85. The number of amides is 1. The molecule has 0 aliphatic heterocycles. The number of carbonyl (C=O) groups is 1. The Labute approximate surface area is 121 Å². The van der Waals surface area contributed by atoms with Crippen LogP contribution in [0.5, 0.6) is 0 Å². The van der Waals surface area contributed by atoms with Crippen molar-refractivity contribution >= 4 is 21.6 Å². The predicted octanol–water partition coefficient (Wildman–Crippen LogP) is 1.71. The van der Waals surface area contributed by atoms with E-state index in [1.807, 2.05) is 30.3 Å². The minimum atomic E-state index is -3.29. The molecule has 5 nitrogen and oxygen atoms in total. The van der Waals surface area contributed by atoms with E-state index in [2.05, 4.69) is 0 Å². The van der Waals surface area contributed by atoms with Crippen LogP contribution in [0.1, 0.15) is 20.3 Å². The molecule has 1 amide bonds. The highest BCUT2D eigenvalue weighted by molar-refractivity contribution is 7.88. The quantitative estimate of drug-likeness (QED) is 0.803. The van der Waals surface area contributed by atoms with Crippen LogP contribution in [0.3, 0.4) is 0 Å². The SMILES string of the molecule is CC(C)N(CCC(=O)N(C)c1ccccc1)S(C)(=O)=O. The number of para-hydroxylation sites is 1. The summed E-state index contributed by atoms with van der Waals surface area (Å²) >= 11 is 0. The number of nitrogens with zero attached hydrogens (tertiary/aromatic N) is 2. The lowest BCUT2D eigenvalue weighted by Gasteiger charge is -2.25. The van der Waals surface area contributed by atoms with Gasteiger partial charge in [-0.1, -0.05) is 18.2 Å². The zero-order valence-corrected chi connectivity index (χ0v) is 13.2. The van der Waals surface area contributed by atoms with Crippen LogP contribution < -0.4 is 4.90 Å². The molecule has 0 bridgehead atoms. The van der Waals surface area contributed by atoms with Crippen LogP contribution in [-0.4, -0.2) is 44.5 Å². The minimum Gasteiger partial charge on any atom is -0.315 e. The smallest absolute Gasteiger partial charge is 0.228 e. The van der Waals surface area contributed by atoms with Gasteiger partial charge in [-0.2, -0.15) is 4.31 Å². The zero-order chi connectivity index (χ0) is 15.3. The second-order valence-corrected chi connectivity index (χ2v) is 6.94. The van der Waals surface area contributed by atoms with Crippen molar-refractivity contribution in [1.29, 1.82) is 0 Å². The number of hydrogen-bond acceptors (Lipinski definition) is 3. The van der Waals surface area contributed by atoms with E-state index in [1.165, 1.54) is 10.6 Å². The Morgan fingerprint density at radius 1 is 1.20 bits per heavy atom. The lowest BCUT2D eigenvalue weighted by atomic mass is 10.2. The molecule has 20 heavy (non-hydrogen) atoms. The molecule has 0 heterocycles. The molecule has 112 valence electrons. The summed E-state index contributed by atoms with van der Waals surface area (Å²) in [6, 6.07) is 9.13. The molecule has 0 fully saturated rings. The van der Waals surface area contributed by atoms with E-state index in [-0.39, 0.29) is 24.9 Å². The van der Waals surface area contributed by atoms with Crippen molar-refractivity contribution in [3.63, 3.8) is 0 Å². The first-order chi connectivity index (χ1) is 9.23. The third-order valence-electron chi connectivity index (χ3n) is 3.07. The van der Waals surface area contributed by atoms with Gasteiger partial charge in [0.2, 0.25) is 15.9 Å². The van der Waals surface area contributed by atoms with Crippen LogP contribution in [0.25, 0.3) is 0 Å². The molecule has 0 atom stereocenters. The Balaban J connectivity index is 2.67. The van der Waals surface area contributed by atoms with Gasteiger partial charge in [0.05, 0.1) is 6.26 Å². The zero-order valence-electron chi connectivity index (χ0n) is 12.4. The van der Waals surface area contributed by atoms with Crippen LogP contribution in [0.4, 0.5) is 5.69 Å². The van der Waals surface area contributed by atoms with E-state index in [4.69, 9.17) is 0 Å². The summed E-state index contributed by atoms with van der Waals surface area (Å²) in [7, 11) is -1.60. The fourth-order valence-corrected chi connectivity index (χ4v) is 3.16. The number of benzene rings is 1. The van der Waals surface area contributed by atoms with E-state index in [0.717, 1.165) is 5.69 Å². The van der Waals surface area contributed by atoms with E-state index in [0.29, 0.717) is 0 Å². The molecule has 1 aromatic carbocycles. The number of hydrogen-bond donors (Lipinski definition) is 0. The molecule has 0 aliphatic carbocycles. The molecule has 1 rings (SSSR count). The third kappa shape index (κ3) is 4.61. The molecule has 6 heteroatoms. The van der Waals surface area contributed by atoms with Gasteiger partial charge in [0.25, 0.3) is 0 Å². The highest BCUT2D eigenvalue weighted by atomic mass is 32.2. The van der Waals surface area contributed by atoms with Gasteiger partial charge >= 0.3 is 0 Å². The van der Waals surface area contributed by atoms with Crippen molar-refractivity contribution < 1.29 is 13.2 Å². The van der Waals surface area contributed by atoms with E-state index in [9.17, 15) is 13.2 Å². The fourth-order valence-electron chi connectivity index (χ4n) is 1.98. The maximum atomic E-state index is 12.1. The molecule has 0 aliphatic rings. The Morgan fingerprint density at radius 3 is 2.20 bits per heavy atom. The number of carbonyl (C=O) groups excluding carboxylic acids is 1. The average Bonchev–Trinajstić information content (AvgIpc) is 2.36. The Bertz CT molecular complexity index is 541. The molecule has 0 saturated carbocycles. The van der Waals surface area contributed by atoms with Gasteiger partial charge < -0.3 is 4.90 Å². The topological polar surface area (TPSA) is 57.7 Å². The fraction of sp³-hybridized carbons (Fsp3) is 0.500. The predicted molar refractivity (Wildman–Crippen MR) is 81.2 cm³/mol. The molecular formula is C14H22N2O3S. The van der Waals surface area contributed by atoms with Crippen LogP contribution in [0, 0.1) is 0 Å². The lowest BCUT2D eigenvalue weighted by Crippen LogP contribution is -2.39. The minimum absolute atomic E-state index is 0.106. The Hall–Kier alpha value is -1.40. The Morgan fingerprint density at radius 2 is 1.75 bits per heavy atom. The number of sulfonamides is 1. The van der Waals surface area contributed by atoms with Crippen molar-refractivity contribution in [2.75, 3.05) is 24.7 Å². The summed E-state index contributed by atoms with van der Waals surface area (Å²) in [6.45, 7) is 3.80. The van der Waals surface area contributed by atoms with Crippen molar-refractivity contribution in [3.8, 4) is 0 Å². The summed E-state index contributed by atoms with van der Waals surface area (Å²) in [5.41, 5.74) is 0.799.